The van der Waals surface area contributed by atoms with Crippen molar-refractivity contribution in [1.29, 1.82) is 0 Å². The van der Waals surface area contributed by atoms with Crippen LogP contribution in [0.4, 0.5) is 13.2 Å². The molecule has 11 rings (SSSR count). The summed E-state index contributed by atoms with van der Waals surface area (Å²) in [5.74, 6) is -0.0283. The average molecular weight is 1010 g/mol. The molecule has 3 atom stereocenters. The fraction of sp³-hybridized carbons (Fsp3) is 0.193. The summed E-state index contributed by atoms with van der Waals surface area (Å²) in [6.07, 6.45) is 8.77. The minimum Gasteiger partial charge on any atom is -0.404 e. The van der Waals surface area contributed by atoms with Crippen LogP contribution in [0.1, 0.15) is 55.2 Å². The minimum absolute atomic E-state index is 0.0476. The Kier molecular flexibility index (Phi) is 12.1. The fourth-order valence-corrected chi connectivity index (χ4v) is 25.0. The van der Waals surface area contributed by atoms with Gasteiger partial charge >= 0.3 is 23.3 Å². The molecule has 3 aliphatic carbocycles. The Morgan fingerprint density at radius 1 is 0.557 bits per heavy atom. The van der Waals surface area contributed by atoms with Crippen molar-refractivity contribution in [3.63, 3.8) is 0 Å². The van der Waals surface area contributed by atoms with E-state index in [1.165, 1.54) is 0 Å². The van der Waals surface area contributed by atoms with Crippen LogP contribution < -0.4 is 45.3 Å². The molecule has 0 amide bonds. The summed E-state index contributed by atoms with van der Waals surface area (Å²) < 4.78 is 104. The highest BCUT2D eigenvalue weighted by Gasteiger charge is 2.58. The number of rotatable bonds is 10. The van der Waals surface area contributed by atoms with Crippen molar-refractivity contribution in [3.8, 4) is 5.75 Å². The Morgan fingerprint density at radius 2 is 0.986 bits per heavy atom. The Bertz CT molecular complexity index is 3100. The maximum absolute atomic E-state index is 16.4. The number of fused-ring (bicyclic) bond motifs is 6. The first kappa shape index (κ1) is 46.4. The number of hydrogen-bond donors (Lipinski definition) is 1. The molecule has 0 saturated heterocycles. The molecule has 4 aliphatic rings. The molecule has 6 nitrogen and oxygen atoms in total. The van der Waals surface area contributed by atoms with Crippen LogP contribution in [0.3, 0.4) is 0 Å². The van der Waals surface area contributed by atoms with Gasteiger partial charge < -0.3 is 9.05 Å². The summed E-state index contributed by atoms with van der Waals surface area (Å²) >= 11 is 0. The lowest BCUT2D eigenvalue weighted by Gasteiger charge is -2.44. The summed E-state index contributed by atoms with van der Waals surface area (Å²) in [6.45, 7) is 0. The number of halogens is 3. The molecule has 0 aromatic heterocycles. The second kappa shape index (κ2) is 18.3. The van der Waals surface area contributed by atoms with Gasteiger partial charge in [-0.05, 0) is 103 Å². The Balaban J connectivity index is 1.35. The summed E-state index contributed by atoms with van der Waals surface area (Å²) in [5.41, 5.74) is -2.39. The van der Waals surface area contributed by atoms with E-state index in [-0.39, 0.29) is 23.3 Å². The molecule has 1 N–H and O–H groups in total. The van der Waals surface area contributed by atoms with Crippen LogP contribution >= 0.6 is 7.75 Å². The maximum atomic E-state index is 16.4. The Labute approximate surface area is 409 Å². The van der Waals surface area contributed by atoms with Gasteiger partial charge in [-0.15, -0.1) is 0 Å². The van der Waals surface area contributed by atoms with Gasteiger partial charge in [-0.1, -0.05) is 211 Å². The van der Waals surface area contributed by atoms with E-state index in [4.69, 9.17) is 9.05 Å². The zero-order valence-electron chi connectivity index (χ0n) is 38.3. The second-order valence-corrected chi connectivity index (χ2v) is 29.9. The highest BCUT2D eigenvalue weighted by Crippen LogP contribution is 2.61. The number of sulfonamides is 1. The number of benzene rings is 7. The second-order valence-electron chi connectivity index (χ2n) is 18.8. The van der Waals surface area contributed by atoms with Crippen molar-refractivity contribution >= 4 is 75.8 Å². The smallest absolute Gasteiger partial charge is 0.404 e. The van der Waals surface area contributed by atoms with Crippen molar-refractivity contribution in [1.82, 2.24) is 4.49 Å². The van der Waals surface area contributed by atoms with E-state index in [2.05, 4.69) is 84.9 Å². The lowest BCUT2D eigenvalue weighted by atomic mass is 9.69. The summed E-state index contributed by atoms with van der Waals surface area (Å²) in [4.78, 5) is 0. The van der Waals surface area contributed by atoms with E-state index >= 15 is 4.57 Å². The number of nitrogens with one attached hydrogen (secondary N) is 1. The first-order valence-corrected chi connectivity index (χ1v) is 31.1. The van der Waals surface area contributed by atoms with Crippen LogP contribution in [0.15, 0.2) is 205 Å². The first-order chi connectivity index (χ1) is 34.0. The molecule has 7 aromatic rings. The lowest BCUT2D eigenvalue weighted by Crippen LogP contribution is -2.75. The van der Waals surface area contributed by atoms with Crippen molar-refractivity contribution in [2.45, 2.75) is 56.9 Å². The van der Waals surface area contributed by atoms with E-state index in [1.54, 1.807) is 4.49 Å². The number of alkyl halides is 3. The lowest BCUT2D eigenvalue weighted by molar-refractivity contribution is -0.0443. The van der Waals surface area contributed by atoms with Crippen LogP contribution in [0.5, 0.6) is 5.75 Å². The minimum atomic E-state index is -6.35. The quantitative estimate of drug-likeness (QED) is 0.0841. The molecule has 7 aromatic carbocycles. The van der Waals surface area contributed by atoms with Crippen molar-refractivity contribution in [2.24, 2.45) is 11.8 Å². The third-order valence-electron chi connectivity index (χ3n) is 14.9. The normalized spacial score (nSPS) is 20.3. The summed E-state index contributed by atoms with van der Waals surface area (Å²) in [6, 6.07) is 62.8. The zero-order valence-corrected chi connectivity index (χ0v) is 42.0. The molecular weight excluding hydrogens is 955 g/mol. The predicted octanol–water partition coefficient (Wildman–Crippen LogP) is 9.07. The topological polar surface area (TPSA) is 81.7 Å². The standard InChI is InChI=1S/C57H51F3NO5PSSi2/c58-57(59,60)68(63,64)61-67(62)65-55-51(69(43-25-7-1-8-26-43,44-27-9-2-10-28-44)45-29-11-3-12-30-45)39-41-23-19-21-37-49(41)53(55)54-50-38-22-20-24-42(50)40-52(56(54)66-67)70(46-31-13-4-14-32-46,47-33-15-5-16-34-47)48-35-17-6-18-36-48/h1-18,25-36,39-41,49H,19-24,37-38H2,(H,61,62). The molecule has 1 saturated carbocycles. The largest absolute Gasteiger partial charge is 0.526 e. The monoisotopic (exact) mass is 1010 g/mol. The number of hydrogen-bond acceptors (Lipinski definition) is 5. The predicted molar refractivity (Wildman–Crippen MR) is 279 cm³/mol. The number of allylic oxidation sites excluding steroid dienone is 3. The van der Waals surface area contributed by atoms with Crippen LogP contribution in [0, 0.1) is 11.8 Å². The van der Waals surface area contributed by atoms with E-state index < -0.39 is 39.4 Å². The van der Waals surface area contributed by atoms with Gasteiger partial charge in [0.25, 0.3) is 0 Å². The third kappa shape index (κ3) is 7.70. The molecule has 354 valence electrons. The van der Waals surface area contributed by atoms with Gasteiger partial charge in [-0.25, -0.2) is 13.0 Å². The van der Waals surface area contributed by atoms with Crippen LogP contribution in [0.25, 0.3) is 5.57 Å². The van der Waals surface area contributed by atoms with Gasteiger partial charge in [0.05, 0.1) is 0 Å². The molecule has 1 aliphatic heterocycles. The van der Waals surface area contributed by atoms with Gasteiger partial charge in [-0.2, -0.15) is 13.2 Å². The van der Waals surface area contributed by atoms with Crippen LogP contribution in [0.2, 0.25) is 0 Å². The summed E-state index contributed by atoms with van der Waals surface area (Å²) in [7, 11) is -19.3. The molecule has 0 spiro atoms. The highest BCUT2D eigenvalue weighted by molar-refractivity contribution is 7.95. The molecule has 1 fully saturated rings. The Hall–Kier alpha value is -6.02. The van der Waals surface area contributed by atoms with Crippen molar-refractivity contribution in [2.75, 3.05) is 0 Å². The van der Waals surface area contributed by atoms with Crippen LogP contribution in [-0.2, 0) is 32.0 Å². The molecule has 0 bridgehead atoms. The van der Waals surface area contributed by atoms with Gasteiger partial charge in [0.15, 0.2) is 16.1 Å². The Morgan fingerprint density at radius 3 is 1.44 bits per heavy atom. The molecule has 0 radical (unpaired) electrons. The van der Waals surface area contributed by atoms with Gasteiger partial charge in [0, 0.05) is 11.1 Å². The van der Waals surface area contributed by atoms with E-state index in [0.29, 0.717) is 22.4 Å². The van der Waals surface area contributed by atoms with Crippen molar-refractivity contribution in [3.05, 3.63) is 222 Å². The summed E-state index contributed by atoms with van der Waals surface area (Å²) in [5, 5.41) is 7.16. The third-order valence-corrected chi connectivity index (χ3v) is 27.8. The van der Waals surface area contributed by atoms with Crippen LogP contribution in [-0.4, -0.2) is 30.1 Å². The molecular formula is C57H51F3NO5PSSi2. The van der Waals surface area contributed by atoms with Gasteiger partial charge in [0.1, 0.15) is 11.5 Å². The zero-order chi connectivity index (χ0) is 48.1. The molecule has 13 heteroatoms. The molecule has 3 unspecified atom stereocenters. The maximum Gasteiger partial charge on any atom is 0.526 e. The molecule has 70 heavy (non-hydrogen) atoms. The SMILES string of the molecule is O=P1(NS(=O)(=O)C(F)(F)F)OC2=C(c3c4c(cc([Si](c5ccccc5)(c5ccccc5)c5ccccc5)c3O1)CCCC4)C1CCCCC1C=C2[Si](c1ccccc1)(c1ccccc1)c1ccccc1. The van der Waals surface area contributed by atoms with Gasteiger partial charge in [-0.3, -0.25) is 0 Å². The van der Waals surface area contributed by atoms with E-state index in [0.717, 1.165) is 92.8 Å². The fourth-order valence-electron chi connectivity index (χ4n) is 12.1. The van der Waals surface area contributed by atoms with E-state index in [1.807, 2.05) is 109 Å². The first-order valence-electron chi connectivity index (χ1n) is 24.0. The number of aryl methyl sites for hydroxylation is 1. The van der Waals surface area contributed by atoms with E-state index in [9.17, 15) is 21.6 Å². The molecule has 1 heterocycles. The van der Waals surface area contributed by atoms with Gasteiger partial charge in [0.2, 0.25) is 0 Å². The highest BCUT2D eigenvalue weighted by atomic mass is 32.2. The average Bonchev–Trinajstić information content (AvgIpc) is 3.52. The van der Waals surface area contributed by atoms with Crippen molar-refractivity contribution < 1.29 is 35.2 Å².